The zero-order chi connectivity index (χ0) is 16.1. The average molecular weight is 318 g/mol. The second kappa shape index (κ2) is 7.77. The van der Waals surface area contributed by atoms with Crippen LogP contribution in [0.5, 0.6) is 0 Å². The molecule has 0 unspecified atom stereocenters. The van der Waals surface area contributed by atoms with E-state index < -0.39 is 0 Å². The standard InChI is InChI=1S/C17H26N4O2/c1-13-3-4-16(23-13)17-14(12-19-20-17)11-18-15-5-7-21(8-6-15)9-10-22-2/h3-4,12,15,18H,5-11H2,1-2H3,(H,19,20). The van der Waals surface area contributed by atoms with E-state index in [1.165, 1.54) is 12.8 Å². The highest BCUT2D eigenvalue weighted by molar-refractivity contribution is 5.56. The number of hydrogen-bond acceptors (Lipinski definition) is 5. The van der Waals surface area contributed by atoms with Crippen molar-refractivity contribution in [1.82, 2.24) is 20.4 Å². The highest BCUT2D eigenvalue weighted by Crippen LogP contribution is 2.23. The number of aromatic amines is 1. The minimum atomic E-state index is 0.565. The van der Waals surface area contributed by atoms with Gasteiger partial charge in [0.25, 0.3) is 0 Å². The van der Waals surface area contributed by atoms with Gasteiger partial charge < -0.3 is 19.4 Å². The van der Waals surface area contributed by atoms with E-state index in [0.717, 1.165) is 55.6 Å². The Morgan fingerprint density at radius 3 is 2.91 bits per heavy atom. The van der Waals surface area contributed by atoms with Crippen molar-refractivity contribution in [3.63, 3.8) is 0 Å². The van der Waals surface area contributed by atoms with Gasteiger partial charge in [0.1, 0.15) is 11.5 Å². The molecular weight excluding hydrogens is 292 g/mol. The zero-order valence-corrected chi connectivity index (χ0v) is 14.0. The summed E-state index contributed by atoms with van der Waals surface area (Å²) in [6.07, 6.45) is 4.24. The summed E-state index contributed by atoms with van der Waals surface area (Å²) in [7, 11) is 1.76. The molecule has 1 aliphatic heterocycles. The van der Waals surface area contributed by atoms with Crippen LogP contribution in [0.4, 0.5) is 0 Å². The van der Waals surface area contributed by atoms with E-state index in [1.807, 2.05) is 25.3 Å². The predicted octanol–water partition coefficient (Wildman–Crippen LogP) is 2.18. The predicted molar refractivity (Wildman–Crippen MR) is 89.2 cm³/mol. The maximum atomic E-state index is 5.69. The van der Waals surface area contributed by atoms with Crippen LogP contribution in [-0.2, 0) is 11.3 Å². The highest BCUT2D eigenvalue weighted by atomic mass is 16.5. The summed E-state index contributed by atoms with van der Waals surface area (Å²) < 4.78 is 10.8. The van der Waals surface area contributed by atoms with Gasteiger partial charge in [-0.2, -0.15) is 5.10 Å². The van der Waals surface area contributed by atoms with Gasteiger partial charge in [-0.1, -0.05) is 0 Å². The lowest BCUT2D eigenvalue weighted by atomic mass is 10.0. The zero-order valence-electron chi connectivity index (χ0n) is 14.0. The summed E-state index contributed by atoms with van der Waals surface area (Å²) in [6.45, 7) is 6.89. The smallest absolute Gasteiger partial charge is 0.152 e. The Bertz CT molecular complexity index is 599. The fourth-order valence-electron chi connectivity index (χ4n) is 3.06. The maximum absolute atomic E-state index is 5.69. The molecule has 0 spiro atoms. The van der Waals surface area contributed by atoms with Crippen LogP contribution in [0.3, 0.4) is 0 Å². The van der Waals surface area contributed by atoms with E-state index >= 15 is 0 Å². The van der Waals surface area contributed by atoms with E-state index in [0.29, 0.717) is 6.04 Å². The van der Waals surface area contributed by atoms with Crippen molar-refractivity contribution in [2.45, 2.75) is 32.4 Å². The number of nitrogens with one attached hydrogen (secondary N) is 2. The lowest BCUT2D eigenvalue weighted by molar-refractivity contribution is 0.126. The number of nitrogens with zero attached hydrogens (tertiary/aromatic N) is 2. The molecule has 1 saturated heterocycles. The van der Waals surface area contributed by atoms with Crippen LogP contribution in [0.25, 0.3) is 11.5 Å². The quantitative estimate of drug-likeness (QED) is 0.819. The molecule has 0 aliphatic carbocycles. The van der Waals surface area contributed by atoms with Gasteiger partial charge >= 0.3 is 0 Å². The van der Waals surface area contributed by atoms with Crippen LogP contribution in [0, 0.1) is 6.92 Å². The summed E-state index contributed by atoms with van der Waals surface area (Å²) in [5.74, 6) is 1.77. The van der Waals surface area contributed by atoms with Gasteiger partial charge in [-0.15, -0.1) is 0 Å². The molecule has 2 N–H and O–H groups in total. The van der Waals surface area contributed by atoms with E-state index in [1.54, 1.807) is 7.11 Å². The van der Waals surface area contributed by atoms with Gasteiger partial charge in [-0.05, 0) is 45.0 Å². The van der Waals surface area contributed by atoms with E-state index in [2.05, 4.69) is 20.4 Å². The van der Waals surface area contributed by atoms with Crippen molar-refractivity contribution in [3.8, 4) is 11.5 Å². The molecule has 0 amide bonds. The minimum Gasteiger partial charge on any atom is -0.460 e. The van der Waals surface area contributed by atoms with E-state index in [4.69, 9.17) is 9.15 Å². The largest absolute Gasteiger partial charge is 0.460 e. The molecule has 6 heteroatoms. The lowest BCUT2D eigenvalue weighted by Gasteiger charge is -2.32. The summed E-state index contributed by atoms with van der Waals surface area (Å²) in [5.41, 5.74) is 2.13. The molecule has 2 aromatic rings. The Morgan fingerprint density at radius 2 is 2.22 bits per heavy atom. The van der Waals surface area contributed by atoms with Gasteiger partial charge in [-0.3, -0.25) is 5.10 Å². The first kappa shape index (κ1) is 16.2. The molecule has 1 aliphatic rings. The van der Waals surface area contributed by atoms with Gasteiger partial charge in [0.05, 0.1) is 12.8 Å². The molecule has 1 fully saturated rings. The molecule has 6 nitrogen and oxygen atoms in total. The lowest BCUT2D eigenvalue weighted by Crippen LogP contribution is -2.43. The Kier molecular flexibility index (Phi) is 5.48. The Balaban J connectivity index is 1.49. The Hall–Kier alpha value is -1.63. The maximum Gasteiger partial charge on any atom is 0.152 e. The van der Waals surface area contributed by atoms with Crippen molar-refractivity contribution in [2.24, 2.45) is 0 Å². The van der Waals surface area contributed by atoms with Crippen molar-refractivity contribution in [3.05, 3.63) is 29.7 Å². The number of aryl methyl sites for hydroxylation is 1. The number of H-pyrrole nitrogens is 1. The monoisotopic (exact) mass is 318 g/mol. The van der Waals surface area contributed by atoms with Crippen LogP contribution in [0.15, 0.2) is 22.7 Å². The van der Waals surface area contributed by atoms with Gasteiger partial charge in [0, 0.05) is 31.8 Å². The third kappa shape index (κ3) is 4.22. The number of ether oxygens (including phenoxy) is 1. The summed E-state index contributed by atoms with van der Waals surface area (Å²) >= 11 is 0. The van der Waals surface area contributed by atoms with Gasteiger partial charge in [0.2, 0.25) is 0 Å². The van der Waals surface area contributed by atoms with Crippen LogP contribution >= 0.6 is 0 Å². The first-order valence-electron chi connectivity index (χ1n) is 8.30. The van der Waals surface area contributed by atoms with Crippen molar-refractivity contribution < 1.29 is 9.15 Å². The molecule has 2 aromatic heterocycles. The molecule has 0 aromatic carbocycles. The Morgan fingerprint density at radius 1 is 1.39 bits per heavy atom. The van der Waals surface area contributed by atoms with E-state index in [9.17, 15) is 0 Å². The molecule has 0 radical (unpaired) electrons. The second-order valence-electron chi connectivity index (χ2n) is 6.17. The molecule has 3 rings (SSSR count). The molecule has 3 heterocycles. The van der Waals surface area contributed by atoms with E-state index in [-0.39, 0.29) is 0 Å². The molecule has 23 heavy (non-hydrogen) atoms. The van der Waals surface area contributed by atoms with Gasteiger partial charge in [0.15, 0.2) is 5.76 Å². The number of furan rings is 1. The third-order valence-electron chi connectivity index (χ3n) is 4.49. The molecule has 126 valence electrons. The first-order valence-corrected chi connectivity index (χ1v) is 8.30. The van der Waals surface area contributed by atoms with Crippen LogP contribution in [0.2, 0.25) is 0 Å². The van der Waals surface area contributed by atoms with Crippen molar-refractivity contribution >= 4 is 0 Å². The first-order chi connectivity index (χ1) is 11.3. The van der Waals surface area contributed by atoms with Crippen molar-refractivity contribution in [1.29, 1.82) is 0 Å². The van der Waals surface area contributed by atoms with Crippen LogP contribution in [-0.4, -0.2) is 54.5 Å². The number of methoxy groups -OCH3 is 1. The number of hydrogen-bond donors (Lipinski definition) is 2. The summed E-state index contributed by atoms with van der Waals surface area (Å²) in [4.78, 5) is 2.47. The van der Waals surface area contributed by atoms with Crippen LogP contribution in [0.1, 0.15) is 24.2 Å². The fraction of sp³-hybridized carbons (Fsp3) is 0.588. The normalized spacial score (nSPS) is 17.0. The molecule has 0 bridgehead atoms. The number of aromatic nitrogens is 2. The topological polar surface area (TPSA) is 66.3 Å². The Labute approximate surface area is 137 Å². The number of rotatable bonds is 7. The van der Waals surface area contributed by atoms with Crippen molar-refractivity contribution in [2.75, 3.05) is 33.4 Å². The molecule has 0 atom stereocenters. The minimum absolute atomic E-state index is 0.565. The highest BCUT2D eigenvalue weighted by Gasteiger charge is 2.19. The number of piperidine rings is 1. The number of likely N-dealkylation sites (tertiary alicyclic amines) is 1. The average Bonchev–Trinajstić information content (AvgIpc) is 3.20. The SMILES string of the molecule is COCCN1CCC(NCc2cn[nH]c2-c2ccc(C)o2)CC1. The third-order valence-corrected chi connectivity index (χ3v) is 4.49. The fourth-order valence-corrected chi connectivity index (χ4v) is 3.06. The van der Waals surface area contributed by atoms with Crippen LogP contribution < -0.4 is 5.32 Å². The van der Waals surface area contributed by atoms with Gasteiger partial charge in [-0.25, -0.2) is 0 Å². The molecule has 0 saturated carbocycles. The molecular formula is C17H26N4O2. The second-order valence-corrected chi connectivity index (χ2v) is 6.17. The summed E-state index contributed by atoms with van der Waals surface area (Å²) in [5, 5.41) is 10.9. The summed E-state index contributed by atoms with van der Waals surface area (Å²) in [6, 6.07) is 4.53.